The molecule has 0 fully saturated rings. The summed E-state index contributed by atoms with van der Waals surface area (Å²) in [5, 5.41) is 2.35. The summed E-state index contributed by atoms with van der Waals surface area (Å²) >= 11 is 0. The Labute approximate surface area is 152 Å². The first-order valence-corrected chi connectivity index (χ1v) is 9.17. The van der Waals surface area contributed by atoms with Gasteiger partial charge in [-0.3, -0.25) is 0 Å². The number of para-hydroxylation sites is 1. The number of pyridine rings is 1. The summed E-state index contributed by atoms with van der Waals surface area (Å²) in [6.45, 7) is 6.56. The second-order valence-corrected chi connectivity index (χ2v) is 7.75. The molecule has 5 rings (SSSR count). The Morgan fingerprint density at radius 3 is 2.73 bits per heavy atom. The summed E-state index contributed by atoms with van der Waals surface area (Å²) in [4.78, 5) is 0. The van der Waals surface area contributed by atoms with E-state index in [2.05, 4.69) is 49.7 Å². The standard InChI is InChI=1S/C22H23N2O2/c1-12(2)10-15-14-8-6-7-9-16(14)24(5)20-18-13(3)25-22-19(18)17(11-23(22)4)26-21(15)20/h6-9,11-12H,10H2,1-5H3/q+1. The van der Waals surface area contributed by atoms with Crippen LogP contribution in [-0.2, 0) is 20.5 Å². The van der Waals surface area contributed by atoms with Gasteiger partial charge in [-0.1, -0.05) is 26.0 Å². The second kappa shape index (κ2) is 5.13. The number of nitrogens with zero attached hydrogens (tertiary/aromatic N) is 2. The minimum absolute atomic E-state index is 0.543. The van der Waals surface area contributed by atoms with E-state index in [1.807, 2.05) is 24.7 Å². The van der Waals surface area contributed by atoms with Gasteiger partial charge in [-0.25, -0.2) is 0 Å². The fraction of sp³-hybridized carbons (Fsp3) is 0.318. The second-order valence-electron chi connectivity index (χ2n) is 7.75. The normalized spacial score (nSPS) is 12.8. The quantitative estimate of drug-likeness (QED) is 0.419. The molecule has 0 radical (unpaired) electrons. The Bertz CT molecular complexity index is 1190. The van der Waals surface area contributed by atoms with Crippen molar-refractivity contribution in [3.8, 4) is 22.8 Å². The molecular weight excluding hydrogens is 324 g/mol. The van der Waals surface area contributed by atoms with E-state index in [0.29, 0.717) is 5.92 Å². The van der Waals surface area contributed by atoms with Crippen LogP contribution in [-0.4, -0.2) is 4.57 Å². The molecule has 0 bridgehead atoms. The first kappa shape index (κ1) is 15.5. The van der Waals surface area contributed by atoms with Gasteiger partial charge in [-0.2, -0.15) is 4.57 Å². The fourth-order valence-electron chi connectivity index (χ4n) is 4.34. The number of fused-ring (bicyclic) bond motifs is 3. The van der Waals surface area contributed by atoms with E-state index < -0.39 is 0 Å². The number of ether oxygens (including phenoxy) is 1. The largest absolute Gasteiger partial charge is 0.448 e. The monoisotopic (exact) mass is 347 g/mol. The average molecular weight is 347 g/mol. The third-order valence-corrected chi connectivity index (χ3v) is 5.42. The van der Waals surface area contributed by atoms with Crippen molar-refractivity contribution in [1.29, 1.82) is 0 Å². The number of furan rings is 1. The lowest BCUT2D eigenvalue weighted by Gasteiger charge is -2.20. The van der Waals surface area contributed by atoms with Crippen molar-refractivity contribution in [3.63, 3.8) is 0 Å². The third-order valence-electron chi connectivity index (χ3n) is 5.42. The summed E-state index contributed by atoms with van der Waals surface area (Å²) in [5.41, 5.74) is 5.66. The predicted octanol–water partition coefficient (Wildman–Crippen LogP) is 5.03. The van der Waals surface area contributed by atoms with Gasteiger partial charge in [0.15, 0.2) is 5.75 Å². The van der Waals surface area contributed by atoms with Gasteiger partial charge in [0.1, 0.15) is 18.4 Å². The van der Waals surface area contributed by atoms with Crippen LogP contribution >= 0.6 is 0 Å². The maximum absolute atomic E-state index is 6.50. The summed E-state index contributed by atoms with van der Waals surface area (Å²) in [5.74, 6) is 3.35. The van der Waals surface area contributed by atoms with Crippen LogP contribution in [0.15, 0.2) is 34.9 Å². The molecule has 132 valence electrons. The van der Waals surface area contributed by atoms with Crippen LogP contribution in [0.3, 0.4) is 0 Å². The smallest absolute Gasteiger partial charge is 0.260 e. The predicted molar refractivity (Wildman–Crippen MR) is 103 cm³/mol. The van der Waals surface area contributed by atoms with Crippen molar-refractivity contribution in [2.24, 2.45) is 20.0 Å². The number of hydrogen-bond acceptors (Lipinski definition) is 2. The van der Waals surface area contributed by atoms with E-state index in [4.69, 9.17) is 9.15 Å². The maximum Gasteiger partial charge on any atom is 0.260 e. The molecule has 0 N–H and O–H groups in total. The molecule has 26 heavy (non-hydrogen) atoms. The van der Waals surface area contributed by atoms with Crippen LogP contribution in [0.25, 0.3) is 33.3 Å². The highest BCUT2D eigenvalue weighted by molar-refractivity contribution is 6.02. The molecule has 0 unspecified atom stereocenters. The highest BCUT2D eigenvalue weighted by Gasteiger charge is 2.37. The molecule has 0 aliphatic carbocycles. The Balaban J connectivity index is 1.97. The number of hydrogen-bond donors (Lipinski definition) is 0. The maximum atomic E-state index is 6.50. The molecule has 0 spiro atoms. The number of aromatic nitrogens is 2. The average Bonchev–Trinajstić information content (AvgIpc) is 3.11. The molecule has 0 amide bonds. The molecule has 3 aromatic heterocycles. The summed E-state index contributed by atoms with van der Waals surface area (Å²) in [7, 11) is 4.12. The van der Waals surface area contributed by atoms with Crippen LogP contribution in [0.5, 0.6) is 11.5 Å². The molecule has 4 aromatic rings. The Morgan fingerprint density at radius 2 is 1.96 bits per heavy atom. The summed E-state index contributed by atoms with van der Waals surface area (Å²) < 4.78 is 16.9. The van der Waals surface area contributed by atoms with E-state index in [0.717, 1.165) is 46.0 Å². The van der Waals surface area contributed by atoms with Crippen LogP contribution in [0.4, 0.5) is 0 Å². The zero-order chi connectivity index (χ0) is 18.2. The Morgan fingerprint density at radius 1 is 1.19 bits per heavy atom. The van der Waals surface area contributed by atoms with E-state index in [-0.39, 0.29) is 0 Å². The van der Waals surface area contributed by atoms with E-state index >= 15 is 0 Å². The lowest BCUT2D eigenvalue weighted by molar-refractivity contribution is -0.633. The van der Waals surface area contributed by atoms with Crippen molar-refractivity contribution in [1.82, 2.24) is 4.57 Å². The van der Waals surface area contributed by atoms with Gasteiger partial charge in [0.2, 0.25) is 17.0 Å². The number of benzene rings is 1. The van der Waals surface area contributed by atoms with Crippen molar-refractivity contribution >= 4 is 22.0 Å². The minimum atomic E-state index is 0.543. The summed E-state index contributed by atoms with van der Waals surface area (Å²) in [6.07, 6.45) is 3.00. The Kier molecular flexibility index (Phi) is 3.06. The molecule has 1 aromatic carbocycles. The molecule has 1 aliphatic heterocycles. The van der Waals surface area contributed by atoms with E-state index in [9.17, 15) is 0 Å². The lowest BCUT2D eigenvalue weighted by atomic mass is 9.93. The van der Waals surface area contributed by atoms with Crippen LogP contribution in [0.1, 0.15) is 25.2 Å². The highest BCUT2D eigenvalue weighted by atomic mass is 16.5. The fourth-order valence-corrected chi connectivity index (χ4v) is 4.34. The molecule has 4 heterocycles. The van der Waals surface area contributed by atoms with E-state index in [1.165, 1.54) is 16.5 Å². The van der Waals surface area contributed by atoms with Crippen molar-refractivity contribution < 1.29 is 13.7 Å². The van der Waals surface area contributed by atoms with Gasteiger partial charge in [-0.05, 0) is 25.3 Å². The molecule has 4 heteroatoms. The SMILES string of the molecule is Cc1oc2c3c(cn2C)Oc2c(CC(C)C)c4ccccc4[n+](C)c2-c13. The molecule has 1 aliphatic rings. The first-order chi connectivity index (χ1) is 12.5. The van der Waals surface area contributed by atoms with Gasteiger partial charge in [0, 0.05) is 18.7 Å². The molecule has 0 saturated heterocycles. The Hall–Kier alpha value is -2.75. The van der Waals surface area contributed by atoms with Gasteiger partial charge in [-0.15, -0.1) is 0 Å². The van der Waals surface area contributed by atoms with Crippen molar-refractivity contribution in [2.75, 3.05) is 0 Å². The zero-order valence-electron chi connectivity index (χ0n) is 15.9. The lowest BCUT2D eigenvalue weighted by Crippen LogP contribution is -2.34. The number of aryl methyl sites for hydroxylation is 3. The molecule has 0 atom stereocenters. The highest BCUT2D eigenvalue weighted by Crippen LogP contribution is 2.51. The number of rotatable bonds is 2. The third kappa shape index (κ3) is 1.87. The zero-order valence-corrected chi connectivity index (χ0v) is 15.9. The molecule has 4 nitrogen and oxygen atoms in total. The van der Waals surface area contributed by atoms with Crippen molar-refractivity contribution in [3.05, 3.63) is 41.8 Å². The van der Waals surface area contributed by atoms with Crippen LogP contribution in [0, 0.1) is 12.8 Å². The van der Waals surface area contributed by atoms with Crippen molar-refractivity contribution in [2.45, 2.75) is 27.2 Å². The van der Waals surface area contributed by atoms with Crippen LogP contribution < -0.4 is 9.30 Å². The first-order valence-electron chi connectivity index (χ1n) is 9.17. The topological polar surface area (TPSA) is 31.2 Å². The molecular formula is C22H23N2O2+. The van der Waals surface area contributed by atoms with Gasteiger partial charge in [0.05, 0.1) is 17.0 Å². The van der Waals surface area contributed by atoms with Crippen LogP contribution in [0.2, 0.25) is 0 Å². The van der Waals surface area contributed by atoms with Gasteiger partial charge < -0.3 is 13.7 Å². The summed E-state index contributed by atoms with van der Waals surface area (Å²) in [6, 6.07) is 8.60. The van der Waals surface area contributed by atoms with Gasteiger partial charge >= 0.3 is 0 Å². The van der Waals surface area contributed by atoms with E-state index in [1.54, 1.807) is 0 Å². The minimum Gasteiger partial charge on any atom is -0.448 e. The molecule has 0 saturated carbocycles. The van der Waals surface area contributed by atoms with Gasteiger partial charge in [0.25, 0.3) is 5.69 Å².